The highest BCUT2D eigenvalue weighted by molar-refractivity contribution is 7.89. The second-order valence-corrected chi connectivity index (χ2v) is 7.96. The Labute approximate surface area is 175 Å². The first-order valence-corrected chi connectivity index (χ1v) is 10.5. The summed E-state index contributed by atoms with van der Waals surface area (Å²) in [6.45, 7) is -0.138. The van der Waals surface area contributed by atoms with Crippen molar-refractivity contribution in [3.63, 3.8) is 0 Å². The summed E-state index contributed by atoms with van der Waals surface area (Å²) in [7, 11) is -3.80. The van der Waals surface area contributed by atoms with Gasteiger partial charge in [0.2, 0.25) is 10.0 Å². The van der Waals surface area contributed by atoms with E-state index in [-0.39, 0.29) is 17.0 Å². The van der Waals surface area contributed by atoms with E-state index in [4.69, 9.17) is 6.42 Å². The smallest absolute Gasteiger partial charge is 0.267 e. The fourth-order valence-corrected chi connectivity index (χ4v) is 3.66. The molecule has 0 aliphatic carbocycles. The number of nitrogens with one attached hydrogen (secondary N) is 2. The predicted octanol–water partition coefficient (Wildman–Crippen LogP) is 2.78. The molecular formula is C23H19N3O3S. The quantitative estimate of drug-likeness (QED) is 0.352. The largest absolute Gasteiger partial charge is 0.271 e. The number of carbonyl (C=O) groups excluding carboxylic acids is 1. The highest BCUT2D eigenvalue weighted by Gasteiger charge is 2.16. The topological polar surface area (TPSA) is 87.6 Å². The van der Waals surface area contributed by atoms with E-state index in [0.717, 1.165) is 11.1 Å². The summed E-state index contributed by atoms with van der Waals surface area (Å²) in [6.07, 6.45) is 5.10. The van der Waals surface area contributed by atoms with Gasteiger partial charge in [-0.3, -0.25) is 4.79 Å². The summed E-state index contributed by atoms with van der Waals surface area (Å²) in [5.41, 5.74) is 4.93. The molecule has 0 heterocycles. The van der Waals surface area contributed by atoms with Gasteiger partial charge in [0.25, 0.3) is 5.91 Å². The van der Waals surface area contributed by atoms with E-state index in [9.17, 15) is 13.2 Å². The summed E-state index contributed by atoms with van der Waals surface area (Å²) in [5, 5.41) is 4.31. The molecule has 3 aromatic carbocycles. The SMILES string of the molecule is C#CCNS(=O)(=O)c1cccc(C(=O)NN=C(c2ccccc2)c2ccccc2)c1. The van der Waals surface area contributed by atoms with Gasteiger partial charge in [-0.2, -0.15) is 9.82 Å². The fraction of sp³-hybridized carbons (Fsp3) is 0.0435. The van der Waals surface area contributed by atoms with Crippen LogP contribution in [0, 0.1) is 12.3 Å². The first-order chi connectivity index (χ1) is 14.5. The molecule has 1 amide bonds. The number of sulfonamides is 1. The number of terminal acetylenes is 1. The van der Waals surface area contributed by atoms with Crippen LogP contribution in [0.25, 0.3) is 0 Å². The van der Waals surface area contributed by atoms with Crippen molar-refractivity contribution in [3.8, 4) is 12.3 Å². The molecule has 150 valence electrons. The number of hydrogen-bond acceptors (Lipinski definition) is 4. The normalized spacial score (nSPS) is 10.6. The Morgan fingerprint density at radius 2 is 1.43 bits per heavy atom. The lowest BCUT2D eigenvalue weighted by Crippen LogP contribution is -2.25. The van der Waals surface area contributed by atoms with Crippen molar-refractivity contribution in [2.24, 2.45) is 5.10 Å². The Morgan fingerprint density at radius 3 is 2.00 bits per heavy atom. The van der Waals surface area contributed by atoms with E-state index in [1.807, 2.05) is 60.7 Å². The van der Waals surface area contributed by atoms with Crippen LogP contribution in [0.4, 0.5) is 0 Å². The van der Waals surface area contributed by atoms with Crippen molar-refractivity contribution in [2.45, 2.75) is 4.90 Å². The fourth-order valence-electron chi connectivity index (χ4n) is 2.68. The Balaban J connectivity index is 1.88. The molecular weight excluding hydrogens is 398 g/mol. The number of rotatable bonds is 7. The van der Waals surface area contributed by atoms with Crippen molar-refractivity contribution in [3.05, 3.63) is 102 Å². The summed E-state index contributed by atoms with van der Waals surface area (Å²) in [4.78, 5) is 12.6. The number of hydrazone groups is 1. The van der Waals surface area contributed by atoms with Gasteiger partial charge in [-0.25, -0.2) is 13.8 Å². The van der Waals surface area contributed by atoms with E-state index in [1.54, 1.807) is 0 Å². The van der Waals surface area contributed by atoms with E-state index < -0.39 is 15.9 Å². The van der Waals surface area contributed by atoms with Crippen LogP contribution in [-0.2, 0) is 10.0 Å². The third kappa shape index (κ3) is 5.20. The highest BCUT2D eigenvalue weighted by atomic mass is 32.2. The molecule has 0 saturated carbocycles. The maximum Gasteiger partial charge on any atom is 0.271 e. The van der Waals surface area contributed by atoms with Crippen LogP contribution in [0.5, 0.6) is 0 Å². The minimum absolute atomic E-state index is 0.0549. The molecule has 0 aliphatic heterocycles. The van der Waals surface area contributed by atoms with Gasteiger partial charge in [0.15, 0.2) is 0 Å². The van der Waals surface area contributed by atoms with Gasteiger partial charge in [0, 0.05) is 16.7 Å². The van der Waals surface area contributed by atoms with Crippen LogP contribution in [0.1, 0.15) is 21.5 Å². The van der Waals surface area contributed by atoms with Crippen LogP contribution in [0.2, 0.25) is 0 Å². The van der Waals surface area contributed by atoms with Gasteiger partial charge in [-0.15, -0.1) is 6.42 Å². The molecule has 0 atom stereocenters. The zero-order valence-electron chi connectivity index (χ0n) is 15.9. The van der Waals surface area contributed by atoms with Gasteiger partial charge < -0.3 is 0 Å². The Morgan fingerprint density at radius 1 is 0.867 bits per heavy atom. The van der Waals surface area contributed by atoms with Gasteiger partial charge in [0.1, 0.15) is 0 Å². The Kier molecular flexibility index (Phi) is 6.75. The van der Waals surface area contributed by atoms with E-state index >= 15 is 0 Å². The molecule has 2 N–H and O–H groups in total. The molecule has 0 aromatic heterocycles. The number of amides is 1. The maximum absolute atomic E-state index is 12.6. The first kappa shape index (κ1) is 21.0. The van der Waals surface area contributed by atoms with Crippen LogP contribution in [0.15, 0.2) is 94.9 Å². The summed E-state index contributed by atoms with van der Waals surface area (Å²) in [6, 6.07) is 24.5. The zero-order chi connectivity index (χ0) is 21.4. The van der Waals surface area contributed by atoms with E-state index in [2.05, 4.69) is 21.2 Å². The predicted molar refractivity (Wildman–Crippen MR) is 116 cm³/mol. The monoisotopic (exact) mass is 417 g/mol. The van der Waals surface area contributed by atoms with Crippen molar-refractivity contribution >= 4 is 21.6 Å². The lowest BCUT2D eigenvalue weighted by atomic mass is 10.0. The van der Waals surface area contributed by atoms with E-state index in [0.29, 0.717) is 5.71 Å². The Bertz CT molecular complexity index is 1160. The Hall–Kier alpha value is -3.73. The van der Waals surface area contributed by atoms with Crippen molar-refractivity contribution in [1.29, 1.82) is 0 Å². The average Bonchev–Trinajstić information content (AvgIpc) is 2.79. The van der Waals surface area contributed by atoms with E-state index in [1.165, 1.54) is 24.3 Å². The lowest BCUT2D eigenvalue weighted by Gasteiger charge is -2.09. The molecule has 6 nitrogen and oxygen atoms in total. The zero-order valence-corrected chi connectivity index (χ0v) is 16.8. The second-order valence-electron chi connectivity index (χ2n) is 6.19. The van der Waals surface area contributed by atoms with Crippen molar-refractivity contribution in [1.82, 2.24) is 10.1 Å². The average molecular weight is 417 g/mol. The minimum Gasteiger partial charge on any atom is -0.267 e. The van der Waals surface area contributed by atoms with Crippen LogP contribution < -0.4 is 10.1 Å². The van der Waals surface area contributed by atoms with Gasteiger partial charge in [0.05, 0.1) is 17.2 Å². The summed E-state index contributed by atoms with van der Waals surface area (Å²) in [5.74, 6) is 1.67. The first-order valence-electron chi connectivity index (χ1n) is 9.03. The molecule has 0 saturated heterocycles. The molecule has 7 heteroatoms. The molecule has 3 rings (SSSR count). The molecule has 3 aromatic rings. The van der Waals surface area contributed by atoms with Crippen LogP contribution in [-0.4, -0.2) is 26.6 Å². The maximum atomic E-state index is 12.6. The third-order valence-corrected chi connectivity index (χ3v) is 5.53. The van der Waals surface area contributed by atoms with Crippen molar-refractivity contribution < 1.29 is 13.2 Å². The molecule has 0 fully saturated rings. The lowest BCUT2D eigenvalue weighted by molar-refractivity contribution is 0.0954. The second kappa shape index (κ2) is 9.65. The molecule has 30 heavy (non-hydrogen) atoms. The van der Waals surface area contributed by atoms with Gasteiger partial charge in [-0.1, -0.05) is 72.7 Å². The molecule has 0 aliphatic rings. The minimum atomic E-state index is -3.80. The van der Waals surface area contributed by atoms with Gasteiger partial charge >= 0.3 is 0 Å². The molecule has 0 bridgehead atoms. The standard InChI is InChI=1S/C23H19N3O3S/c1-2-16-24-30(28,29)21-15-9-14-20(17-21)23(27)26-25-22(18-10-5-3-6-11-18)19-12-7-4-8-13-19/h1,3-15,17,24H,16H2,(H,26,27). The number of carbonyl (C=O) groups is 1. The summed E-state index contributed by atoms with van der Waals surface area (Å²) < 4.78 is 26.7. The number of nitrogens with zero attached hydrogens (tertiary/aromatic N) is 1. The molecule has 0 unspecified atom stereocenters. The molecule has 0 spiro atoms. The number of benzene rings is 3. The molecule has 0 radical (unpaired) electrons. The van der Waals surface area contributed by atoms with Crippen molar-refractivity contribution in [2.75, 3.05) is 6.54 Å². The third-order valence-electron chi connectivity index (χ3n) is 4.13. The highest BCUT2D eigenvalue weighted by Crippen LogP contribution is 2.13. The van der Waals surface area contributed by atoms with Crippen LogP contribution >= 0.6 is 0 Å². The van der Waals surface area contributed by atoms with Crippen LogP contribution in [0.3, 0.4) is 0 Å². The number of hydrogen-bond donors (Lipinski definition) is 2. The van der Waals surface area contributed by atoms with Gasteiger partial charge in [-0.05, 0) is 18.2 Å². The summed E-state index contributed by atoms with van der Waals surface area (Å²) >= 11 is 0.